The number of halogens is 1. The smallest absolute Gasteiger partial charge is 0.273 e. The number of rotatable bonds is 6. The predicted octanol–water partition coefficient (Wildman–Crippen LogP) is 2.40. The minimum absolute atomic E-state index is 0.0284. The number of aliphatic hydroxyl groups excluding tert-OH is 1. The monoisotopic (exact) mass is 375 g/mol. The van der Waals surface area contributed by atoms with E-state index >= 15 is 0 Å². The van der Waals surface area contributed by atoms with Gasteiger partial charge in [-0.2, -0.15) is 0 Å². The Morgan fingerprint density at radius 2 is 2.12 bits per heavy atom. The van der Waals surface area contributed by atoms with Crippen molar-refractivity contribution in [3.8, 4) is 5.75 Å². The number of aromatic nitrogens is 2. The molecular formula is C17H14ClN3O5. The van der Waals surface area contributed by atoms with Crippen LogP contribution < -0.4 is 10.3 Å². The van der Waals surface area contributed by atoms with Crippen LogP contribution in [0.3, 0.4) is 0 Å². The van der Waals surface area contributed by atoms with Crippen LogP contribution in [0, 0.1) is 10.1 Å². The van der Waals surface area contributed by atoms with Crippen LogP contribution in [0.1, 0.15) is 0 Å². The molecule has 134 valence electrons. The number of aliphatic hydroxyl groups is 1. The van der Waals surface area contributed by atoms with E-state index in [2.05, 4.69) is 4.98 Å². The van der Waals surface area contributed by atoms with Crippen molar-refractivity contribution >= 4 is 28.2 Å². The average molecular weight is 376 g/mol. The predicted molar refractivity (Wildman–Crippen MR) is 95.6 cm³/mol. The van der Waals surface area contributed by atoms with E-state index in [1.54, 1.807) is 24.3 Å². The number of nitro benzene ring substituents is 1. The third kappa shape index (κ3) is 3.98. The summed E-state index contributed by atoms with van der Waals surface area (Å²) in [6.45, 7) is -0.161. The summed E-state index contributed by atoms with van der Waals surface area (Å²) in [5.41, 5.74) is 0.0627. The number of ether oxygens (including phenoxy) is 1. The Balaban J connectivity index is 1.69. The van der Waals surface area contributed by atoms with Crippen molar-refractivity contribution in [1.29, 1.82) is 0 Å². The first-order chi connectivity index (χ1) is 12.4. The largest absolute Gasteiger partial charge is 0.491 e. The van der Waals surface area contributed by atoms with Gasteiger partial charge < -0.3 is 9.84 Å². The highest BCUT2D eigenvalue weighted by Gasteiger charge is 2.12. The summed E-state index contributed by atoms with van der Waals surface area (Å²) in [5.74, 6) is 0.261. The van der Waals surface area contributed by atoms with Crippen molar-refractivity contribution in [2.45, 2.75) is 12.6 Å². The van der Waals surface area contributed by atoms with Gasteiger partial charge in [-0.3, -0.25) is 19.5 Å². The molecule has 8 nitrogen and oxygen atoms in total. The van der Waals surface area contributed by atoms with E-state index in [1.807, 2.05) is 0 Å². The lowest BCUT2D eigenvalue weighted by atomic mass is 10.2. The van der Waals surface area contributed by atoms with E-state index in [4.69, 9.17) is 16.3 Å². The summed E-state index contributed by atoms with van der Waals surface area (Å²) in [4.78, 5) is 26.8. The molecule has 0 saturated heterocycles. The number of nitrogens with zero attached hydrogens (tertiary/aromatic N) is 3. The summed E-state index contributed by atoms with van der Waals surface area (Å²) in [5, 5.41) is 21.7. The van der Waals surface area contributed by atoms with Crippen LogP contribution in [0.4, 0.5) is 5.69 Å². The molecule has 1 N–H and O–H groups in total. The zero-order chi connectivity index (χ0) is 18.7. The minimum Gasteiger partial charge on any atom is -0.491 e. The Bertz CT molecular complexity index is 1020. The van der Waals surface area contributed by atoms with Gasteiger partial charge in [-0.15, -0.1) is 0 Å². The fourth-order valence-corrected chi connectivity index (χ4v) is 2.59. The van der Waals surface area contributed by atoms with Crippen molar-refractivity contribution in [3.05, 3.63) is 74.3 Å². The van der Waals surface area contributed by atoms with E-state index in [1.165, 1.54) is 29.1 Å². The molecule has 0 aliphatic rings. The van der Waals surface area contributed by atoms with Crippen molar-refractivity contribution < 1.29 is 14.8 Å². The van der Waals surface area contributed by atoms with Crippen molar-refractivity contribution in [3.63, 3.8) is 0 Å². The number of hydrogen-bond donors (Lipinski definition) is 1. The number of non-ortho nitro benzene ring substituents is 1. The average Bonchev–Trinajstić information content (AvgIpc) is 2.62. The fraction of sp³-hybridized carbons (Fsp3) is 0.176. The standard InChI is InChI=1S/C17H14ClN3O5/c18-11-4-5-15-16(6-11)19-10-20(17(15)23)8-13(22)9-26-14-3-1-2-12(7-14)21(24)25/h1-7,10,13,22H,8-9H2/t13-/m0/s1. The normalized spacial score (nSPS) is 12.1. The topological polar surface area (TPSA) is 107 Å². The van der Waals surface area contributed by atoms with Gasteiger partial charge in [0.2, 0.25) is 0 Å². The van der Waals surface area contributed by atoms with Gasteiger partial charge in [0, 0.05) is 11.1 Å². The summed E-state index contributed by atoms with van der Waals surface area (Å²) >= 11 is 5.88. The van der Waals surface area contributed by atoms with Crippen LogP contribution in [0.5, 0.6) is 5.75 Å². The molecule has 0 radical (unpaired) electrons. The molecule has 3 aromatic rings. The highest BCUT2D eigenvalue weighted by atomic mass is 35.5. The lowest BCUT2D eigenvalue weighted by Gasteiger charge is -2.14. The van der Waals surface area contributed by atoms with E-state index < -0.39 is 11.0 Å². The maximum absolute atomic E-state index is 12.4. The van der Waals surface area contributed by atoms with Crippen LogP contribution >= 0.6 is 11.6 Å². The van der Waals surface area contributed by atoms with Gasteiger partial charge >= 0.3 is 0 Å². The Kier molecular flexibility index (Phi) is 5.15. The number of hydrogen-bond acceptors (Lipinski definition) is 6. The molecule has 1 heterocycles. The lowest BCUT2D eigenvalue weighted by Crippen LogP contribution is -2.30. The van der Waals surface area contributed by atoms with Crippen molar-refractivity contribution in [2.24, 2.45) is 0 Å². The Hall–Kier alpha value is -2.97. The molecule has 0 aliphatic heterocycles. The zero-order valence-electron chi connectivity index (χ0n) is 13.4. The van der Waals surface area contributed by atoms with Crippen LogP contribution in [0.15, 0.2) is 53.6 Å². The summed E-state index contributed by atoms with van der Waals surface area (Å²) < 4.78 is 6.64. The first-order valence-electron chi connectivity index (χ1n) is 7.64. The van der Waals surface area contributed by atoms with Gasteiger partial charge in [0.25, 0.3) is 11.2 Å². The van der Waals surface area contributed by atoms with Crippen LogP contribution in [-0.2, 0) is 6.54 Å². The molecule has 9 heteroatoms. The van der Waals surface area contributed by atoms with Gasteiger partial charge in [0.15, 0.2) is 0 Å². The molecule has 0 amide bonds. The molecule has 0 spiro atoms. The molecule has 0 saturated carbocycles. The van der Waals surface area contributed by atoms with Crippen molar-refractivity contribution in [2.75, 3.05) is 6.61 Å². The van der Waals surface area contributed by atoms with Crippen LogP contribution in [0.2, 0.25) is 5.02 Å². The third-order valence-corrected chi connectivity index (χ3v) is 3.90. The molecule has 0 aliphatic carbocycles. The quantitative estimate of drug-likeness (QED) is 0.523. The Morgan fingerprint density at radius 3 is 2.88 bits per heavy atom. The second-order valence-electron chi connectivity index (χ2n) is 5.58. The van der Waals surface area contributed by atoms with Crippen molar-refractivity contribution in [1.82, 2.24) is 9.55 Å². The Morgan fingerprint density at radius 1 is 1.31 bits per heavy atom. The van der Waals surface area contributed by atoms with Crippen LogP contribution in [0.25, 0.3) is 10.9 Å². The lowest BCUT2D eigenvalue weighted by molar-refractivity contribution is -0.384. The maximum atomic E-state index is 12.4. The summed E-state index contributed by atoms with van der Waals surface area (Å²) in [6, 6.07) is 10.4. The number of fused-ring (bicyclic) bond motifs is 1. The summed E-state index contributed by atoms with van der Waals surface area (Å²) in [6.07, 6.45) is 0.330. The molecule has 1 atom stereocenters. The minimum atomic E-state index is -1.00. The van der Waals surface area contributed by atoms with E-state index in [-0.39, 0.29) is 30.1 Å². The number of benzene rings is 2. The second-order valence-corrected chi connectivity index (χ2v) is 6.02. The van der Waals surface area contributed by atoms with E-state index in [0.717, 1.165) is 0 Å². The molecule has 1 aromatic heterocycles. The first-order valence-corrected chi connectivity index (χ1v) is 8.02. The molecule has 2 aromatic carbocycles. The second kappa shape index (κ2) is 7.51. The van der Waals surface area contributed by atoms with E-state index in [9.17, 15) is 20.0 Å². The highest BCUT2D eigenvalue weighted by molar-refractivity contribution is 6.31. The van der Waals surface area contributed by atoms with E-state index in [0.29, 0.717) is 15.9 Å². The fourth-order valence-electron chi connectivity index (χ4n) is 2.42. The molecular weight excluding hydrogens is 362 g/mol. The molecule has 26 heavy (non-hydrogen) atoms. The highest BCUT2D eigenvalue weighted by Crippen LogP contribution is 2.19. The van der Waals surface area contributed by atoms with Gasteiger partial charge in [-0.1, -0.05) is 17.7 Å². The van der Waals surface area contributed by atoms with Gasteiger partial charge in [-0.05, 0) is 24.3 Å². The van der Waals surface area contributed by atoms with Gasteiger partial charge in [-0.25, -0.2) is 4.98 Å². The third-order valence-electron chi connectivity index (χ3n) is 3.67. The zero-order valence-corrected chi connectivity index (χ0v) is 14.2. The maximum Gasteiger partial charge on any atom is 0.273 e. The van der Waals surface area contributed by atoms with Crippen LogP contribution in [-0.4, -0.2) is 32.3 Å². The first kappa shape index (κ1) is 17.8. The number of nitro groups is 1. The SMILES string of the molecule is O=c1c2ccc(Cl)cc2ncn1C[C@H](O)COc1cccc([N+](=O)[O-])c1. The molecule has 0 unspecified atom stereocenters. The molecule has 3 rings (SSSR count). The molecule has 0 fully saturated rings. The van der Waals surface area contributed by atoms with Gasteiger partial charge in [0.1, 0.15) is 18.5 Å². The molecule has 0 bridgehead atoms. The van der Waals surface area contributed by atoms with Gasteiger partial charge in [0.05, 0.1) is 34.8 Å². The summed E-state index contributed by atoms with van der Waals surface area (Å²) in [7, 11) is 0. The Labute approximate surface area is 152 Å².